The highest BCUT2D eigenvalue weighted by Gasteiger charge is 2.30. The van der Waals surface area contributed by atoms with E-state index in [0.717, 1.165) is 127 Å². The molecule has 0 bridgehead atoms. The second kappa shape index (κ2) is 75.6. The summed E-state index contributed by atoms with van der Waals surface area (Å²) >= 11 is 0. The van der Waals surface area contributed by atoms with Crippen LogP contribution in [0.3, 0.4) is 0 Å². The van der Waals surface area contributed by atoms with Crippen LogP contribution in [0.15, 0.2) is 24.3 Å². The van der Waals surface area contributed by atoms with Gasteiger partial charge in [-0.05, 0) is 69.1 Å². The Labute approximate surface area is 643 Å². The number of carbonyl (C=O) groups excluding carboxylic acids is 4. The summed E-state index contributed by atoms with van der Waals surface area (Å²) in [4.78, 5) is 73.2. The molecule has 0 rings (SSSR count). The van der Waals surface area contributed by atoms with E-state index in [1.807, 2.05) is 0 Å². The summed E-state index contributed by atoms with van der Waals surface area (Å²) < 4.78 is 68.8. The third-order valence-corrected chi connectivity index (χ3v) is 21.8. The van der Waals surface area contributed by atoms with E-state index in [2.05, 4.69) is 72.8 Å². The fourth-order valence-corrected chi connectivity index (χ4v) is 14.4. The van der Waals surface area contributed by atoms with Crippen LogP contribution in [0.2, 0.25) is 0 Å². The molecular weight excluding hydrogens is 1370 g/mol. The van der Waals surface area contributed by atoms with Gasteiger partial charge in [0.25, 0.3) is 0 Å². The number of hydrogen-bond acceptors (Lipinski definition) is 15. The number of esters is 4. The molecule has 0 radical (unpaired) electrons. The maximum atomic E-state index is 13.1. The van der Waals surface area contributed by atoms with Crippen molar-refractivity contribution in [2.75, 3.05) is 39.6 Å². The van der Waals surface area contributed by atoms with Gasteiger partial charge in [0.15, 0.2) is 12.2 Å². The lowest BCUT2D eigenvalue weighted by atomic mass is 10.00. The van der Waals surface area contributed by atoms with Crippen LogP contribution in [-0.2, 0) is 65.4 Å². The average molecular weight is 1530 g/mol. The first-order chi connectivity index (χ1) is 50.8. The Morgan fingerprint density at radius 1 is 0.314 bits per heavy atom. The molecule has 620 valence electrons. The Bertz CT molecular complexity index is 2120. The number of phosphoric ester groups is 2. The quantitative estimate of drug-likeness (QED) is 0.0169. The van der Waals surface area contributed by atoms with Crippen molar-refractivity contribution >= 4 is 39.5 Å². The van der Waals surface area contributed by atoms with Crippen molar-refractivity contribution in [2.24, 2.45) is 17.8 Å². The maximum Gasteiger partial charge on any atom is 0.472 e. The van der Waals surface area contributed by atoms with E-state index < -0.39 is 97.5 Å². The topological polar surface area (TPSA) is 237 Å². The number of phosphoric acid groups is 2. The fourth-order valence-electron chi connectivity index (χ4n) is 12.8. The van der Waals surface area contributed by atoms with Gasteiger partial charge < -0.3 is 33.8 Å². The highest BCUT2D eigenvalue weighted by Crippen LogP contribution is 2.45. The molecule has 6 atom stereocenters. The SMILES string of the molecule is CCCCCC/C=C\C=C/CCCCCCCC(=O)O[C@H](COC(=O)CCCCCCCCCCCCCCCCCCC(C)C)COP(=O)(O)OC[C@@H](O)COP(=O)(O)OC[C@@H](COC(=O)CCCCCCCCC(C)CC)OC(=O)CCCCCCCCCCCCCCCCCCCCC(C)C. The van der Waals surface area contributed by atoms with Crippen molar-refractivity contribution in [1.82, 2.24) is 0 Å². The van der Waals surface area contributed by atoms with E-state index in [1.54, 1.807) is 0 Å². The molecule has 0 aromatic carbocycles. The Morgan fingerprint density at radius 2 is 0.562 bits per heavy atom. The fraction of sp³-hybridized carbons (Fsp3) is 0.907. The normalized spacial score (nSPS) is 14.3. The van der Waals surface area contributed by atoms with Gasteiger partial charge in [-0.15, -0.1) is 0 Å². The van der Waals surface area contributed by atoms with Gasteiger partial charge in [0.2, 0.25) is 0 Å². The standard InChI is InChI=1S/C86H164O17P2/c1-8-10-11-12-13-14-15-16-23-31-36-41-46-55-62-69-85(90)102-81(73-96-83(88)67-60-53-45-40-35-30-26-22-21-25-29-34-39-44-51-58-65-78(5)6)75-100-104(92,93)98-71-80(87)72-99-105(94,95)101-76-82(74-97-84(89)68-61-54-49-48-52-59-66-79(7)9-2)103-86(91)70-63-56-47-42-37-32-27-20-18-17-19-24-28-33-38-43-50-57-64-77(3)4/h14-16,23,77-82,87H,8-13,17-22,24-76H2,1-7H3,(H,92,93)(H,94,95)/b15-14-,23-16-/t79?,80-,81-,82-/m1/s1. The van der Waals surface area contributed by atoms with Crippen LogP contribution in [0.4, 0.5) is 0 Å². The van der Waals surface area contributed by atoms with Crippen LogP contribution in [0.1, 0.15) is 427 Å². The van der Waals surface area contributed by atoms with Crippen LogP contribution >= 0.6 is 15.6 Å². The second-order valence-corrected chi connectivity index (χ2v) is 34.3. The largest absolute Gasteiger partial charge is 0.472 e. The Balaban J connectivity index is 5.23. The van der Waals surface area contributed by atoms with Gasteiger partial charge in [-0.2, -0.15) is 0 Å². The van der Waals surface area contributed by atoms with Crippen molar-refractivity contribution in [1.29, 1.82) is 0 Å². The molecule has 0 aliphatic carbocycles. The molecule has 0 amide bonds. The van der Waals surface area contributed by atoms with Gasteiger partial charge in [0.1, 0.15) is 19.3 Å². The summed E-state index contributed by atoms with van der Waals surface area (Å²) in [6.45, 7) is 11.9. The van der Waals surface area contributed by atoms with Crippen molar-refractivity contribution in [3.8, 4) is 0 Å². The molecular formula is C86H164O17P2. The smallest absolute Gasteiger partial charge is 0.462 e. The third kappa shape index (κ3) is 78.0. The summed E-state index contributed by atoms with van der Waals surface area (Å²) in [6.07, 6.45) is 68.9. The minimum atomic E-state index is -4.97. The van der Waals surface area contributed by atoms with Crippen molar-refractivity contribution < 1.29 is 80.2 Å². The highest BCUT2D eigenvalue weighted by molar-refractivity contribution is 7.47. The van der Waals surface area contributed by atoms with Crippen molar-refractivity contribution in [3.63, 3.8) is 0 Å². The Kier molecular flexibility index (Phi) is 73.8. The predicted octanol–water partition coefficient (Wildman–Crippen LogP) is 25.6. The molecule has 105 heavy (non-hydrogen) atoms. The van der Waals surface area contributed by atoms with Crippen molar-refractivity contribution in [2.45, 2.75) is 446 Å². The van der Waals surface area contributed by atoms with E-state index in [-0.39, 0.29) is 25.7 Å². The average Bonchev–Trinajstić information content (AvgIpc) is 0.907. The maximum absolute atomic E-state index is 13.1. The van der Waals surface area contributed by atoms with Crippen LogP contribution < -0.4 is 0 Å². The number of hydrogen-bond donors (Lipinski definition) is 3. The molecule has 0 aromatic heterocycles. The van der Waals surface area contributed by atoms with Gasteiger partial charge >= 0.3 is 39.5 Å². The molecule has 3 unspecified atom stereocenters. The number of ether oxygens (including phenoxy) is 4. The lowest BCUT2D eigenvalue weighted by molar-refractivity contribution is -0.161. The monoisotopic (exact) mass is 1530 g/mol. The van der Waals surface area contributed by atoms with E-state index in [4.69, 9.17) is 37.0 Å². The van der Waals surface area contributed by atoms with E-state index >= 15 is 0 Å². The lowest BCUT2D eigenvalue weighted by Gasteiger charge is -2.21. The third-order valence-electron chi connectivity index (χ3n) is 19.9. The first-order valence-corrected chi connectivity index (χ1v) is 46.7. The zero-order chi connectivity index (χ0) is 77.2. The van der Waals surface area contributed by atoms with E-state index in [1.165, 1.54) is 218 Å². The van der Waals surface area contributed by atoms with E-state index in [9.17, 15) is 43.2 Å². The summed E-state index contributed by atoms with van der Waals surface area (Å²) in [5, 5.41) is 10.7. The van der Waals surface area contributed by atoms with Gasteiger partial charge in [0.05, 0.1) is 26.4 Å². The minimum Gasteiger partial charge on any atom is -0.462 e. The first kappa shape index (κ1) is 103. The number of allylic oxidation sites excluding steroid dienone is 4. The van der Waals surface area contributed by atoms with Gasteiger partial charge in [-0.1, -0.05) is 375 Å². The van der Waals surface area contributed by atoms with Crippen LogP contribution in [0.5, 0.6) is 0 Å². The molecule has 17 nitrogen and oxygen atoms in total. The summed E-state index contributed by atoms with van der Waals surface area (Å²) in [6, 6.07) is 0. The molecule has 0 aromatic rings. The molecule has 3 N–H and O–H groups in total. The van der Waals surface area contributed by atoms with Gasteiger partial charge in [-0.25, -0.2) is 9.13 Å². The van der Waals surface area contributed by atoms with Crippen LogP contribution in [0.25, 0.3) is 0 Å². The number of aliphatic hydroxyl groups excluding tert-OH is 1. The predicted molar refractivity (Wildman–Crippen MR) is 432 cm³/mol. The molecule has 0 saturated carbocycles. The summed E-state index contributed by atoms with van der Waals surface area (Å²) in [5.74, 6) is 0.222. The molecule has 0 saturated heterocycles. The molecule has 0 aliphatic heterocycles. The minimum absolute atomic E-state index is 0.0853. The Hall–Kier alpha value is -2.46. The molecule has 0 aliphatic rings. The van der Waals surface area contributed by atoms with Gasteiger partial charge in [0, 0.05) is 25.7 Å². The Morgan fingerprint density at radius 3 is 0.848 bits per heavy atom. The second-order valence-electron chi connectivity index (χ2n) is 31.4. The molecule has 19 heteroatoms. The lowest BCUT2D eigenvalue weighted by Crippen LogP contribution is -2.30. The van der Waals surface area contributed by atoms with Gasteiger partial charge in [-0.3, -0.25) is 37.3 Å². The highest BCUT2D eigenvalue weighted by atomic mass is 31.2. The molecule has 0 heterocycles. The van der Waals surface area contributed by atoms with Crippen molar-refractivity contribution in [3.05, 3.63) is 24.3 Å². The number of aliphatic hydroxyl groups is 1. The van der Waals surface area contributed by atoms with Crippen LogP contribution in [0, 0.1) is 17.8 Å². The molecule has 0 fully saturated rings. The zero-order valence-electron chi connectivity index (χ0n) is 68.7. The summed E-state index contributed by atoms with van der Waals surface area (Å²) in [7, 11) is -9.94. The molecule has 0 spiro atoms. The van der Waals surface area contributed by atoms with Crippen LogP contribution in [-0.4, -0.2) is 96.7 Å². The number of unbranched alkanes of at least 4 members (excludes halogenated alkanes) is 46. The first-order valence-electron chi connectivity index (χ1n) is 43.7. The zero-order valence-corrected chi connectivity index (χ0v) is 70.5. The number of carbonyl (C=O) groups is 4. The number of rotatable bonds is 82. The summed E-state index contributed by atoms with van der Waals surface area (Å²) in [5.41, 5.74) is 0. The van der Waals surface area contributed by atoms with E-state index in [0.29, 0.717) is 25.7 Å².